The summed E-state index contributed by atoms with van der Waals surface area (Å²) in [5.74, 6) is -2.57. The molecular formula is C11H13ClFNO5S2. The van der Waals surface area contributed by atoms with Crippen LogP contribution < -0.4 is 4.72 Å². The molecule has 0 aliphatic rings. The molecule has 0 heterocycles. The standard InChI is InChI=1S/C11H13ClFNO5S2/c1-2-20(17)4-3-14-21(18,19)9-6-7(12)5-8(10(9)13)11(15)16/h5-6,14H,2-4H2,1H3,(H,15,16). The van der Waals surface area contributed by atoms with Crippen molar-refractivity contribution in [2.75, 3.05) is 18.1 Å². The third-order valence-corrected chi connectivity index (χ3v) is 5.45. The molecule has 0 fully saturated rings. The quantitative estimate of drug-likeness (QED) is 0.764. The zero-order valence-electron chi connectivity index (χ0n) is 10.9. The molecule has 0 aliphatic carbocycles. The van der Waals surface area contributed by atoms with E-state index in [1.54, 1.807) is 6.92 Å². The van der Waals surface area contributed by atoms with Crippen LogP contribution in [0.25, 0.3) is 0 Å². The molecule has 0 spiro atoms. The Labute approximate surface area is 128 Å². The molecule has 1 rings (SSSR count). The van der Waals surface area contributed by atoms with E-state index in [-0.39, 0.29) is 17.3 Å². The van der Waals surface area contributed by atoms with E-state index in [0.29, 0.717) is 5.75 Å². The van der Waals surface area contributed by atoms with Crippen molar-refractivity contribution in [2.24, 2.45) is 0 Å². The number of carbonyl (C=O) groups is 1. The first-order valence-electron chi connectivity index (χ1n) is 5.76. The summed E-state index contributed by atoms with van der Waals surface area (Å²) in [6, 6.07) is 1.65. The van der Waals surface area contributed by atoms with E-state index < -0.39 is 43.1 Å². The number of carboxylic acid groups (broad SMARTS) is 1. The van der Waals surface area contributed by atoms with Gasteiger partial charge in [0.15, 0.2) is 5.82 Å². The van der Waals surface area contributed by atoms with Crippen molar-refractivity contribution in [1.29, 1.82) is 0 Å². The molecule has 10 heteroatoms. The van der Waals surface area contributed by atoms with Gasteiger partial charge in [0.2, 0.25) is 10.0 Å². The molecular weight excluding hydrogens is 345 g/mol. The smallest absolute Gasteiger partial charge is 0.338 e. The number of aromatic carboxylic acids is 1. The van der Waals surface area contributed by atoms with Crippen molar-refractivity contribution < 1.29 is 26.9 Å². The first-order chi connectivity index (χ1) is 9.69. The summed E-state index contributed by atoms with van der Waals surface area (Å²) in [4.78, 5) is 9.99. The Kier molecular flexibility index (Phi) is 6.26. The maximum atomic E-state index is 13.9. The average Bonchev–Trinajstić information content (AvgIpc) is 2.40. The highest BCUT2D eigenvalue weighted by molar-refractivity contribution is 7.89. The molecule has 0 aromatic heterocycles. The summed E-state index contributed by atoms with van der Waals surface area (Å²) in [6.45, 7) is 1.53. The summed E-state index contributed by atoms with van der Waals surface area (Å²) in [7, 11) is -5.46. The molecule has 0 bridgehead atoms. The number of halogens is 2. The van der Waals surface area contributed by atoms with Crippen molar-refractivity contribution in [3.8, 4) is 0 Å². The van der Waals surface area contributed by atoms with Crippen LogP contribution in [-0.2, 0) is 20.8 Å². The zero-order chi connectivity index (χ0) is 16.2. The van der Waals surface area contributed by atoms with Gasteiger partial charge >= 0.3 is 5.97 Å². The molecule has 2 N–H and O–H groups in total. The number of nitrogens with one attached hydrogen (secondary N) is 1. The normalized spacial score (nSPS) is 13.1. The highest BCUT2D eigenvalue weighted by atomic mass is 35.5. The molecule has 1 unspecified atom stereocenters. The summed E-state index contributed by atoms with van der Waals surface area (Å²) in [6.07, 6.45) is 0. The Hall–Kier alpha value is -1.03. The molecule has 0 saturated heterocycles. The third kappa shape index (κ3) is 4.73. The highest BCUT2D eigenvalue weighted by Crippen LogP contribution is 2.23. The van der Waals surface area contributed by atoms with Crippen molar-refractivity contribution in [3.05, 3.63) is 28.5 Å². The van der Waals surface area contributed by atoms with E-state index in [9.17, 15) is 21.8 Å². The minimum Gasteiger partial charge on any atom is -0.478 e. The second kappa shape index (κ2) is 7.30. The van der Waals surface area contributed by atoms with Gasteiger partial charge in [0.1, 0.15) is 4.90 Å². The predicted molar refractivity (Wildman–Crippen MR) is 77.1 cm³/mol. The molecule has 1 aromatic carbocycles. The predicted octanol–water partition coefficient (Wildman–Crippen LogP) is 1.22. The van der Waals surface area contributed by atoms with Gasteiger partial charge < -0.3 is 5.11 Å². The Bertz CT molecular complexity index is 677. The van der Waals surface area contributed by atoms with Gasteiger partial charge in [-0.25, -0.2) is 22.3 Å². The molecule has 1 aromatic rings. The first kappa shape index (κ1) is 18.0. The minimum atomic E-state index is -4.28. The topological polar surface area (TPSA) is 101 Å². The SMILES string of the molecule is CCS(=O)CCNS(=O)(=O)c1cc(Cl)cc(C(=O)O)c1F. The van der Waals surface area contributed by atoms with E-state index >= 15 is 0 Å². The first-order valence-corrected chi connectivity index (χ1v) is 9.11. The van der Waals surface area contributed by atoms with Gasteiger partial charge in [0.25, 0.3) is 0 Å². The van der Waals surface area contributed by atoms with Gasteiger partial charge in [-0.15, -0.1) is 0 Å². The van der Waals surface area contributed by atoms with Gasteiger partial charge in [0.05, 0.1) is 5.56 Å². The Morgan fingerprint density at radius 3 is 2.62 bits per heavy atom. The largest absolute Gasteiger partial charge is 0.478 e. The lowest BCUT2D eigenvalue weighted by Gasteiger charge is -2.09. The average molecular weight is 358 g/mol. The van der Waals surface area contributed by atoms with Gasteiger partial charge in [0, 0.05) is 33.9 Å². The summed E-state index contributed by atoms with van der Waals surface area (Å²) in [5, 5.41) is 8.59. The van der Waals surface area contributed by atoms with Gasteiger partial charge in [-0.1, -0.05) is 18.5 Å². The van der Waals surface area contributed by atoms with Crippen LogP contribution in [0.3, 0.4) is 0 Å². The molecule has 118 valence electrons. The number of hydrogen-bond acceptors (Lipinski definition) is 4. The molecule has 0 saturated carbocycles. The third-order valence-electron chi connectivity index (χ3n) is 2.47. The maximum Gasteiger partial charge on any atom is 0.338 e. The van der Waals surface area contributed by atoms with E-state index in [2.05, 4.69) is 4.72 Å². The van der Waals surface area contributed by atoms with Crippen LogP contribution in [-0.4, -0.2) is 41.8 Å². The lowest BCUT2D eigenvalue weighted by molar-refractivity contribution is 0.0691. The Morgan fingerprint density at radius 2 is 2.10 bits per heavy atom. The fourth-order valence-electron chi connectivity index (χ4n) is 1.43. The lowest BCUT2D eigenvalue weighted by atomic mass is 10.2. The van der Waals surface area contributed by atoms with Crippen molar-refractivity contribution in [3.63, 3.8) is 0 Å². The highest BCUT2D eigenvalue weighted by Gasteiger charge is 2.24. The number of benzene rings is 1. The monoisotopic (exact) mass is 357 g/mol. The number of sulfonamides is 1. The fourth-order valence-corrected chi connectivity index (χ4v) is 3.61. The van der Waals surface area contributed by atoms with Crippen LogP contribution in [0.1, 0.15) is 17.3 Å². The van der Waals surface area contributed by atoms with Gasteiger partial charge in [-0.05, 0) is 12.1 Å². The molecule has 6 nitrogen and oxygen atoms in total. The number of rotatable bonds is 7. The molecule has 0 amide bonds. The van der Waals surface area contributed by atoms with Crippen LogP contribution in [0, 0.1) is 5.82 Å². The molecule has 1 atom stereocenters. The number of carboxylic acids is 1. The van der Waals surface area contributed by atoms with Crippen LogP contribution in [0.15, 0.2) is 17.0 Å². The van der Waals surface area contributed by atoms with Crippen LogP contribution in [0.4, 0.5) is 4.39 Å². The number of hydrogen-bond donors (Lipinski definition) is 2. The summed E-state index contributed by atoms with van der Waals surface area (Å²) < 4.78 is 51.1. The lowest BCUT2D eigenvalue weighted by Crippen LogP contribution is -2.29. The van der Waals surface area contributed by atoms with Gasteiger partial charge in [-0.3, -0.25) is 4.21 Å². The van der Waals surface area contributed by atoms with E-state index in [1.807, 2.05) is 0 Å². The Morgan fingerprint density at radius 1 is 1.48 bits per heavy atom. The van der Waals surface area contributed by atoms with E-state index in [0.717, 1.165) is 12.1 Å². The summed E-state index contributed by atoms with van der Waals surface area (Å²) in [5.41, 5.74) is -0.833. The van der Waals surface area contributed by atoms with Gasteiger partial charge in [-0.2, -0.15) is 0 Å². The van der Waals surface area contributed by atoms with E-state index in [1.165, 1.54) is 0 Å². The van der Waals surface area contributed by atoms with Crippen molar-refractivity contribution in [1.82, 2.24) is 4.72 Å². The Balaban J connectivity index is 3.08. The van der Waals surface area contributed by atoms with Crippen LogP contribution in [0.5, 0.6) is 0 Å². The zero-order valence-corrected chi connectivity index (χ0v) is 13.3. The molecule has 21 heavy (non-hydrogen) atoms. The van der Waals surface area contributed by atoms with Crippen LogP contribution in [0.2, 0.25) is 5.02 Å². The maximum absolute atomic E-state index is 13.9. The summed E-state index contributed by atoms with van der Waals surface area (Å²) >= 11 is 5.61. The van der Waals surface area contributed by atoms with Crippen molar-refractivity contribution >= 4 is 38.4 Å². The fraction of sp³-hybridized carbons (Fsp3) is 0.364. The second-order valence-electron chi connectivity index (χ2n) is 3.90. The minimum absolute atomic E-state index is 0.0731. The van der Waals surface area contributed by atoms with Crippen LogP contribution >= 0.6 is 11.6 Å². The van der Waals surface area contributed by atoms with E-state index in [4.69, 9.17) is 16.7 Å². The molecule has 0 radical (unpaired) electrons. The molecule has 0 aliphatic heterocycles. The second-order valence-corrected chi connectivity index (χ2v) is 7.94. The van der Waals surface area contributed by atoms with Crippen molar-refractivity contribution in [2.45, 2.75) is 11.8 Å².